The second kappa shape index (κ2) is 24.7. The minimum absolute atomic E-state index is 0.0126. The second-order valence-electron chi connectivity index (χ2n) is 15.6. The third kappa shape index (κ3) is 17.2. The van der Waals surface area contributed by atoms with Gasteiger partial charge in [-0.25, -0.2) is 34.1 Å². The number of hydrogen-bond donors (Lipinski definition) is 5. The molecule has 0 fully saturated rings. The van der Waals surface area contributed by atoms with Crippen molar-refractivity contribution < 1.29 is 52.8 Å². The van der Waals surface area contributed by atoms with Crippen LogP contribution in [0.25, 0.3) is 11.2 Å². The normalized spacial score (nSPS) is 11.3. The first kappa shape index (κ1) is 48.9. The van der Waals surface area contributed by atoms with E-state index in [9.17, 15) is 33.9 Å². The van der Waals surface area contributed by atoms with Crippen LogP contribution in [0.5, 0.6) is 0 Å². The van der Waals surface area contributed by atoms with Gasteiger partial charge in [0.05, 0.1) is 6.33 Å². The number of amides is 5. The van der Waals surface area contributed by atoms with E-state index in [-0.39, 0.29) is 62.3 Å². The zero-order valence-electron chi connectivity index (χ0n) is 36.7. The number of carboxylic acid groups (broad SMARTS) is 1. The number of aromatic nitrogens is 4. The van der Waals surface area contributed by atoms with Gasteiger partial charge in [-0.1, -0.05) is 91.0 Å². The molecule has 0 aliphatic rings. The first-order valence-electron chi connectivity index (χ1n) is 20.8. The molecule has 0 unspecified atom stereocenters. The number of rotatable bonds is 19. The van der Waals surface area contributed by atoms with E-state index >= 15 is 0 Å². The van der Waals surface area contributed by atoms with E-state index in [1.165, 1.54) is 17.2 Å². The number of carboxylic acids is 1. The molecule has 0 radical (unpaired) electrons. The quantitative estimate of drug-likeness (QED) is 0.0286. The van der Waals surface area contributed by atoms with Crippen LogP contribution >= 0.6 is 0 Å². The average molecular weight is 909 g/mol. The van der Waals surface area contributed by atoms with Crippen LogP contribution in [-0.4, -0.2) is 103 Å². The molecular weight excluding hydrogens is 857 g/mol. The standard InChI is InChI=1S/C45H52N10O11/c1-45(2,3)66-44(62)50-34(21-13-14-22-46-40(52-42(60)64-27-32-17-9-5-10-18-32)53-43(61)65-28-33-19-11-6-12-20-33)23-54(25-36(57)58)35(56)24-55-30-49-37-38(47-29-48-39(37)55)51-41(59)63-26-31-15-7-4-8-16-31/h4-12,15-20,29-30,34H,13-14,21-28H2,1-3H3,(H,50,62)(H,57,58)(H,47,48,51,59)(H2,46,52,53,60,61)/t34-/m0/s1. The third-order valence-electron chi connectivity index (χ3n) is 9.08. The summed E-state index contributed by atoms with van der Waals surface area (Å²) in [5, 5.41) is 20.0. The Morgan fingerprint density at radius 1 is 0.727 bits per heavy atom. The Hall–Kier alpha value is -8.10. The predicted molar refractivity (Wildman–Crippen MR) is 239 cm³/mol. The largest absolute Gasteiger partial charge is 0.480 e. The van der Waals surface area contributed by atoms with Gasteiger partial charge in [0.2, 0.25) is 11.9 Å². The number of aliphatic imine (C=N–C) groups is 1. The van der Waals surface area contributed by atoms with Crippen molar-refractivity contribution in [1.29, 1.82) is 0 Å². The van der Waals surface area contributed by atoms with E-state index in [2.05, 4.69) is 41.2 Å². The Bertz CT molecular complexity index is 2370. The number of imidazole rings is 1. The fraction of sp³-hybridized carbons (Fsp3) is 0.333. The SMILES string of the molecule is CC(C)(C)OC(=O)N[C@@H](CCCCN=C(NC(=O)OCc1ccccc1)NC(=O)OCc1ccccc1)CN(CC(=O)O)C(=O)Cn1cnc2c(NC(=O)OCc3ccccc3)ncnc21. The lowest BCUT2D eigenvalue weighted by molar-refractivity contribution is -0.145. The predicted octanol–water partition coefficient (Wildman–Crippen LogP) is 5.76. The van der Waals surface area contributed by atoms with E-state index in [1.54, 1.807) is 81.4 Å². The van der Waals surface area contributed by atoms with Crippen molar-refractivity contribution in [1.82, 2.24) is 40.4 Å². The first-order valence-corrected chi connectivity index (χ1v) is 20.8. The lowest BCUT2D eigenvalue weighted by atomic mass is 10.1. The van der Waals surface area contributed by atoms with Crippen molar-refractivity contribution in [2.75, 3.05) is 25.0 Å². The average Bonchev–Trinajstić information content (AvgIpc) is 3.70. The Morgan fingerprint density at radius 3 is 1.80 bits per heavy atom. The van der Waals surface area contributed by atoms with Crippen LogP contribution in [-0.2, 0) is 54.9 Å². The van der Waals surface area contributed by atoms with Gasteiger partial charge in [0.25, 0.3) is 0 Å². The summed E-state index contributed by atoms with van der Waals surface area (Å²) in [6.45, 7) is 3.71. The van der Waals surface area contributed by atoms with Crippen molar-refractivity contribution >= 4 is 59.2 Å². The molecule has 5 rings (SSSR count). The van der Waals surface area contributed by atoms with Gasteiger partial charge in [0.1, 0.15) is 44.8 Å². The van der Waals surface area contributed by atoms with Gasteiger partial charge in [-0.2, -0.15) is 0 Å². The molecule has 0 saturated heterocycles. The number of aliphatic carboxylic acids is 1. The number of anilines is 1. The molecule has 0 bridgehead atoms. The fourth-order valence-electron chi connectivity index (χ4n) is 6.07. The summed E-state index contributed by atoms with van der Waals surface area (Å²) in [5.41, 5.74) is 1.72. The molecule has 348 valence electrons. The van der Waals surface area contributed by atoms with Crippen LogP contribution in [0.2, 0.25) is 0 Å². The molecule has 0 aliphatic carbocycles. The molecule has 0 spiro atoms. The summed E-state index contributed by atoms with van der Waals surface area (Å²) < 4.78 is 22.7. The minimum Gasteiger partial charge on any atom is -0.480 e. The van der Waals surface area contributed by atoms with Crippen molar-refractivity contribution in [2.45, 2.75) is 78.0 Å². The molecule has 21 nitrogen and oxygen atoms in total. The van der Waals surface area contributed by atoms with Gasteiger partial charge in [0, 0.05) is 19.1 Å². The van der Waals surface area contributed by atoms with Gasteiger partial charge in [0.15, 0.2) is 17.0 Å². The molecule has 5 amide bonds. The lowest BCUT2D eigenvalue weighted by Gasteiger charge is -2.28. The number of guanidine groups is 1. The van der Waals surface area contributed by atoms with Gasteiger partial charge < -0.3 is 38.8 Å². The Labute approximate surface area is 379 Å². The number of ether oxygens (including phenoxy) is 4. The van der Waals surface area contributed by atoms with Crippen molar-refractivity contribution in [2.24, 2.45) is 4.99 Å². The maximum absolute atomic E-state index is 13.8. The Kier molecular flexibility index (Phi) is 18.3. The molecule has 2 aromatic heterocycles. The van der Waals surface area contributed by atoms with Gasteiger partial charge in [-0.15, -0.1) is 0 Å². The van der Waals surface area contributed by atoms with Crippen LogP contribution in [0.1, 0.15) is 56.7 Å². The monoisotopic (exact) mass is 908 g/mol. The summed E-state index contributed by atoms with van der Waals surface area (Å²) in [6, 6.07) is 26.2. The Morgan fingerprint density at radius 2 is 1.27 bits per heavy atom. The number of nitrogens with zero attached hydrogens (tertiary/aromatic N) is 6. The number of nitrogens with one attached hydrogen (secondary N) is 4. The second-order valence-corrected chi connectivity index (χ2v) is 15.6. The van der Waals surface area contributed by atoms with Crippen molar-refractivity contribution in [3.63, 3.8) is 0 Å². The maximum Gasteiger partial charge on any atom is 0.414 e. The Balaban J connectivity index is 1.23. The summed E-state index contributed by atoms with van der Waals surface area (Å²) in [4.78, 5) is 94.9. The fourth-order valence-corrected chi connectivity index (χ4v) is 6.07. The van der Waals surface area contributed by atoms with Crippen LogP contribution in [0.3, 0.4) is 0 Å². The number of fused-ring (bicyclic) bond motifs is 1. The summed E-state index contributed by atoms with van der Waals surface area (Å²) in [5.74, 6) is -2.14. The molecule has 0 saturated carbocycles. The maximum atomic E-state index is 13.8. The molecule has 3 aromatic carbocycles. The molecule has 2 heterocycles. The molecule has 21 heteroatoms. The van der Waals surface area contributed by atoms with Crippen LogP contribution in [0.4, 0.5) is 25.0 Å². The van der Waals surface area contributed by atoms with Crippen molar-refractivity contribution in [3.05, 3.63) is 120 Å². The number of alkyl carbamates (subject to hydrolysis) is 3. The molecule has 66 heavy (non-hydrogen) atoms. The van der Waals surface area contributed by atoms with E-state index in [0.717, 1.165) is 21.6 Å². The summed E-state index contributed by atoms with van der Waals surface area (Å²) in [6.07, 6.45) is 0.0859. The lowest BCUT2D eigenvalue weighted by Crippen LogP contribution is -2.49. The molecular formula is C45H52N10O11. The molecule has 5 aromatic rings. The summed E-state index contributed by atoms with van der Waals surface area (Å²) in [7, 11) is 0. The van der Waals surface area contributed by atoms with E-state index < -0.39 is 61.0 Å². The van der Waals surface area contributed by atoms with E-state index in [1.807, 2.05) is 30.3 Å². The highest BCUT2D eigenvalue weighted by molar-refractivity contribution is 6.01. The zero-order chi connectivity index (χ0) is 47.3. The third-order valence-corrected chi connectivity index (χ3v) is 9.08. The topological polar surface area (TPSA) is 267 Å². The van der Waals surface area contributed by atoms with Gasteiger partial charge >= 0.3 is 30.3 Å². The van der Waals surface area contributed by atoms with Crippen LogP contribution < -0.4 is 21.3 Å². The van der Waals surface area contributed by atoms with Crippen LogP contribution in [0.15, 0.2) is 109 Å². The number of carbonyl (C=O) groups is 6. The highest BCUT2D eigenvalue weighted by atomic mass is 16.6. The van der Waals surface area contributed by atoms with E-state index in [0.29, 0.717) is 12.8 Å². The zero-order valence-corrected chi connectivity index (χ0v) is 36.7. The molecule has 5 N–H and O–H groups in total. The van der Waals surface area contributed by atoms with E-state index in [4.69, 9.17) is 18.9 Å². The smallest absolute Gasteiger partial charge is 0.414 e. The number of hydrogen-bond acceptors (Lipinski definition) is 14. The van der Waals surface area contributed by atoms with Gasteiger partial charge in [-0.05, 0) is 56.7 Å². The highest BCUT2D eigenvalue weighted by Gasteiger charge is 2.26. The number of carbonyl (C=O) groups excluding carboxylic acids is 5. The highest BCUT2D eigenvalue weighted by Crippen LogP contribution is 2.19. The first-order chi connectivity index (χ1) is 31.7. The molecule has 1 atom stereocenters. The number of unbranched alkanes of at least 4 members (excludes halogenated alkanes) is 1. The van der Waals surface area contributed by atoms with Crippen molar-refractivity contribution in [3.8, 4) is 0 Å². The summed E-state index contributed by atoms with van der Waals surface area (Å²) >= 11 is 0. The molecule has 0 aliphatic heterocycles. The number of benzene rings is 3. The van der Waals surface area contributed by atoms with Crippen LogP contribution in [0, 0.1) is 0 Å². The minimum atomic E-state index is -1.30. The van der Waals surface area contributed by atoms with Gasteiger partial charge in [-0.3, -0.25) is 30.5 Å².